The van der Waals surface area contributed by atoms with E-state index in [1.165, 1.54) is 17.6 Å². The summed E-state index contributed by atoms with van der Waals surface area (Å²) in [6, 6.07) is 5.15. The van der Waals surface area contributed by atoms with Gasteiger partial charge in [0, 0.05) is 18.2 Å². The van der Waals surface area contributed by atoms with Gasteiger partial charge in [0.05, 0.1) is 24.6 Å². The van der Waals surface area contributed by atoms with Gasteiger partial charge in [0.15, 0.2) is 11.4 Å². The van der Waals surface area contributed by atoms with Gasteiger partial charge >= 0.3 is 0 Å². The molecule has 0 aliphatic heterocycles. The summed E-state index contributed by atoms with van der Waals surface area (Å²) in [4.78, 5) is 17.3. The van der Waals surface area contributed by atoms with Gasteiger partial charge in [-0.3, -0.25) is 9.20 Å². The number of pyridine rings is 1. The monoisotopic (exact) mass is 432 g/mol. The van der Waals surface area contributed by atoms with Crippen LogP contribution in [-0.2, 0) is 6.61 Å². The molecule has 0 radical (unpaired) electrons. The van der Waals surface area contributed by atoms with Gasteiger partial charge in [-0.2, -0.15) is 0 Å². The fourth-order valence-electron chi connectivity index (χ4n) is 3.01. The molecule has 0 spiro atoms. The number of halogens is 2. The summed E-state index contributed by atoms with van der Waals surface area (Å²) < 4.78 is 40.5. The summed E-state index contributed by atoms with van der Waals surface area (Å²) in [5, 5.41) is 2.83. The fraction of sp³-hybridized carbons (Fsp3) is 0.364. The number of benzene rings is 1. The number of nitrogens with zero attached hydrogens (tertiary/aromatic N) is 2. The smallest absolute Gasteiger partial charge is 0.270 e. The third-order valence-electron chi connectivity index (χ3n) is 5.18. The highest BCUT2D eigenvalue weighted by molar-refractivity contribution is 5.95. The highest BCUT2D eigenvalue weighted by Crippen LogP contribution is 2.29. The standard InChI is InChI=1S/C22H26F2N4O3/c1-5-22(3,25)12-26-21(29)19-13(2)27-20-18(9-14(30-4)10-28(19)20)31-11-15-16(23)7-6-8-17(15)24/h6-10H,5,11-12,25H2,1-4H3,(H,26,29). The molecule has 1 unspecified atom stereocenters. The van der Waals surface area contributed by atoms with Crippen molar-refractivity contribution < 1.29 is 23.0 Å². The van der Waals surface area contributed by atoms with Crippen LogP contribution in [0.1, 0.15) is 42.0 Å². The summed E-state index contributed by atoms with van der Waals surface area (Å²) in [5.41, 5.74) is 6.46. The molecule has 1 atom stereocenters. The molecular formula is C22H26F2N4O3. The summed E-state index contributed by atoms with van der Waals surface area (Å²) in [7, 11) is 1.46. The topological polar surface area (TPSA) is 90.9 Å². The zero-order valence-corrected chi connectivity index (χ0v) is 18.0. The highest BCUT2D eigenvalue weighted by Gasteiger charge is 2.23. The first-order chi connectivity index (χ1) is 14.7. The van der Waals surface area contributed by atoms with Crippen LogP contribution in [0.4, 0.5) is 8.78 Å². The molecule has 3 rings (SSSR count). The Morgan fingerprint density at radius 3 is 2.61 bits per heavy atom. The number of amides is 1. The molecule has 0 aliphatic carbocycles. The molecule has 166 valence electrons. The van der Waals surface area contributed by atoms with E-state index in [1.54, 1.807) is 19.2 Å². The van der Waals surface area contributed by atoms with Crippen molar-refractivity contribution >= 4 is 11.6 Å². The normalized spacial score (nSPS) is 13.1. The van der Waals surface area contributed by atoms with Crippen molar-refractivity contribution in [2.75, 3.05) is 13.7 Å². The SMILES string of the molecule is CCC(C)(N)CNC(=O)c1c(C)nc2c(OCc3c(F)cccc3F)cc(OC)cn12. The Morgan fingerprint density at radius 2 is 2.00 bits per heavy atom. The molecule has 2 heterocycles. The van der Waals surface area contributed by atoms with E-state index in [-0.39, 0.29) is 30.4 Å². The first-order valence-electron chi connectivity index (χ1n) is 9.86. The predicted octanol–water partition coefficient (Wildman–Crippen LogP) is 3.37. The third kappa shape index (κ3) is 4.77. The van der Waals surface area contributed by atoms with E-state index in [9.17, 15) is 13.6 Å². The quantitative estimate of drug-likeness (QED) is 0.570. The number of methoxy groups -OCH3 is 1. The lowest BCUT2D eigenvalue weighted by Crippen LogP contribution is -2.47. The lowest BCUT2D eigenvalue weighted by atomic mass is 10.0. The van der Waals surface area contributed by atoms with Gasteiger partial charge in [0.1, 0.15) is 29.7 Å². The Bertz CT molecular complexity index is 1090. The number of ether oxygens (including phenoxy) is 2. The largest absolute Gasteiger partial charge is 0.495 e. The Kier molecular flexibility index (Phi) is 6.45. The van der Waals surface area contributed by atoms with Crippen LogP contribution in [0, 0.1) is 18.6 Å². The van der Waals surface area contributed by atoms with Gasteiger partial charge < -0.3 is 20.5 Å². The maximum Gasteiger partial charge on any atom is 0.270 e. The molecule has 0 fully saturated rings. The minimum Gasteiger partial charge on any atom is -0.495 e. The van der Waals surface area contributed by atoms with Gasteiger partial charge in [0.2, 0.25) is 0 Å². The molecule has 0 saturated carbocycles. The van der Waals surface area contributed by atoms with Crippen LogP contribution in [-0.4, -0.2) is 34.5 Å². The molecule has 0 bridgehead atoms. The number of fused-ring (bicyclic) bond motifs is 1. The number of hydrogen-bond donors (Lipinski definition) is 2. The number of nitrogens with one attached hydrogen (secondary N) is 1. The molecule has 0 aliphatic rings. The average molecular weight is 432 g/mol. The number of aromatic nitrogens is 2. The predicted molar refractivity (Wildman–Crippen MR) is 112 cm³/mol. The maximum absolute atomic E-state index is 14.0. The van der Waals surface area contributed by atoms with Crippen LogP contribution in [0.25, 0.3) is 5.65 Å². The number of aryl methyl sites for hydroxylation is 1. The van der Waals surface area contributed by atoms with Crippen LogP contribution >= 0.6 is 0 Å². The van der Waals surface area contributed by atoms with Crippen molar-refractivity contribution in [3.63, 3.8) is 0 Å². The minimum atomic E-state index is -0.709. The number of carbonyl (C=O) groups is 1. The molecule has 0 saturated heterocycles. The number of imidazole rings is 1. The fourth-order valence-corrected chi connectivity index (χ4v) is 3.01. The van der Waals surface area contributed by atoms with Crippen LogP contribution in [0.2, 0.25) is 0 Å². The Balaban J connectivity index is 1.97. The van der Waals surface area contributed by atoms with Crippen LogP contribution in [0.15, 0.2) is 30.5 Å². The van der Waals surface area contributed by atoms with Crippen LogP contribution in [0.3, 0.4) is 0 Å². The van der Waals surface area contributed by atoms with Crippen molar-refractivity contribution in [1.29, 1.82) is 0 Å². The molecule has 3 aromatic rings. The van der Waals surface area contributed by atoms with Gasteiger partial charge in [-0.15, -0.1) is 0 Å². The first kappa shape index (κ1) is 22.5. The van der Waals surface area contributed by atoms with E-state index in [2.05, 4.69) is 10.3 Å². The zero-order valence-electron chi connectivity index (χ0n) is 18.0. The molecule has 1 amide bonds. The van der Waals surface area contributed by atoms with Gasteiger partial charge in [-0.1, -0.05) is 13.0 Å². The third-order valence-corrected chi connectivity index (χ3v) is 5.18. The maximum atomic E-state index is 14.0. The molecule has 2 aromatic heterocycles. The minimum absolute atomic E-state index is 0.202. The number of carbonyl (C=O) groups excluding carboxylic acids is 1. The number of hydrogen-bond acceptors (Lipinski definition) is 5. The lowest BCUT2D eigenvalue weighted by molar-refractivity contribution is 0.0937. The van der Waals surface area contributed by atoms with Crippen molar-refractivity contribution in [1.82, 2.24) is 14.7 Å². The summed E-state index contributed by atoms with van der Waals surface area (Å²) >= 11 is 0. The van der Waals surface area contributed by atoms with E-state index in [4.69, 9.17) is 15.2 Å². The Labute approximate surface area is 179 Å². The molecule has 3 N–H and O–H groups in total. The molecule has 9 heteroatoms. The van der Waals surface area contributed by atoms with Gasteiger partial charge in [0.25, 0.3) is 5.91 Å². The highest BCUT2D eigenvalue weighted by atomic mass is 19.1. The van der Waals surface area contributed by atoms with E-state index >= 15 is 0 Å². The first-order valence-corrected chi connectivity index (χ1v) is 9.86. The zero-order chi connectivity index (χ0) is 22.8. The van der Waals surface area contributed by atoms with Gasteiger partial charge in [-0.05, 0) is 32.4 Å². The van der Waals surface area contributed by atoms with E-state index < -0.39 is 17.2 Å². The summed E-state index contributed by atoms with van der Waals surface area (Å²) in [6.07, 6.45) is 2.29. The second-order valence-electron chi connectivity index (χ2n) is 7.66. The van der Waals surface area contributed by atoms with E-state index in [1.807, 2.05) is 13.8 Å². The summed E-state index contributed by atoms with van der Waals surface area (Å²) in [6.45, 7) is 5.42. The molecule has 1 aromatic carbocycles. The van der Waals surface area contributed by atoms with Crippen molar-refractivity contribution in [3.8, 4) is 11.5 Å². The molecule has 31 heavy (non-hydrogen) atoms. The Hall–Kier alpha value is -3.20. The van der Waals surface area contributed by atoms with Crippen molar-refractivity contribution in [3.05, 3.63) is 59.0 Å². The van der Waals surface area contributed by atoms with Crippen molar-refractivity contribution in [2.45, 2.75) is 39.3 Å². The molecular weight excluding hydrogens is 406 g/mol. The van der Waals surface area contributed by atoms with Crippen molar-refractivity contribution in [2.24, 2.45) is 5.73 Å². The molecule has 7 nitrogen and oxygen atoms in total. The lowest BCUT2D eigenvalue weighted by Gasteiger charge is -2.22. The Morgan fingerprint density at radius 1 is 1.32 bits per heavy atom. The summed E-state index contributed by atoms with van der Waals surface area (Å²) in [5.74, 6) is -1.16. The van der Waals surface area contributed by atoms with Crippen LogP contribution in [0.5, 0.6) is 11.5 Å². The average Bonchev–Trinajstić information content (AvgIpc) is 3.07. The second kappa shape index (κ2) is 8.89. The second-order valence-corrected chi connectivity index (χ2v) is 7.66. The van der Waals surface area contributed by atoms with E-state index in [0.717, 1.165) is 12.1 Å². The number of nitrogens with two attached hydrogens (primary N) is 1. The number of rotatable bonds is 8. The van der Waals surface area contributed by atoms with Gasteiger partial charge in [-0.25, -0.2) is 13.8 Å². The van der Waals surface area contributed by atoms with Crippen LogP contribution < -0.4 is 20.5 Å². The van der Waals surface area contributed by atoms with E-state index in [0.29, 0.717) is 29.2 Å².